The van der Waals surface area contributed by atoms with Gasteiger partial charge in [-0.05, 0) is 98.2 Å². The molecule has 0 amide bonds. The van der Waals surface area contributed by atoms with Crippen LogP contribution in [-0.4, -0.2) is 75.7 Å². The summed E-state index contributed by atoms with van der Waals surface area (Å²) < 4.78 is 34.6. The summed E-state index contributed by atoms with van der Waals surface area (Å²) in [4.78, 5) is 0. The lowest BCUT2D eigenvalue weighted by atomic mass is 9.87. The highest BCUT2D eigenvalue weighted by Gasteiger charge is 2.53. The second-order valence-electron chi connectivity index (χ2n) is 20.9. The van der Waals surface area contributed by atoms with E-state index in [4.69, 9.17) is 22.4 Å². The van der Waals surface area contributed by atoms with E-state index in [1.54, 1.807) is 0 Å². The zero-order chi connectivity index (χ0) is 38.1. The molecule has 1 saturated heterocycles. The third kappa shape index (κ3) is 12.2. The van der Waals surface area contributed by atoms with E-state index in [0.29, 0.717) is 19.4 Å². The summed E-state index contributed by atoms with van der Waals surface area (Å²) in [7, 11) is -8.35. The van der Waals surface area contributed by atoms with Crippen molar-refractivity contribution < 1.29 is 27.5 Å². The van der Waals surface area contributed by atoms with Gasteiger partial charge in [0.2, 0.25) is 0 Å². The van der Waals surface area contributed by atoms with Crippen LogP contribution >= 0.6 is 0 Å². The average Bonchev–Trinajstić information content (AvgIpc) is 2.84. The summed E-state index contributed by atoms with van der Waals surface area (Å²) >= 11 is 0. The Morgan fingerprint density at radius 2 is 1.06 bits per heavy atom. The van der Waals surface area contributed by atoms with E-state index in [1.165, 1.54) is 0 Å². The lowest BCUT2D eigenvalue weighted by molar-refractivity contribution is -0.258. The van der Waals surface area contributed by atoms with Gasteiger partial charge in [-0.25, -0.2) is 0 Å². The van der Waals surface area contributed by atoms with Crippen LogP contribution in [0.4, 0.5) is 0 Å². The number of rotatable bonds is 14. The fourth-order valence-corrected chi connectivity index (χ4v) is 10.0. The molecular formula is C38H82O6Si4. The Kier molecular flexibility index (Phi) is 15.6. The summed E-state index contributed by atoms with van der Waals surface area (Å²) in [6, 6.07) is 0. The molecule has 0 saturated carbocycles. The maximum absolute atomic E-state index is 11.8. The van der Waals surface area contributed by atoms with Gasteiger partial charge in [0.1, 0.15) is 0 Å². The predicted octanol–water partition coefficient (Wildman–Crippen LogP) is 11.5. The molecule has 1 rings (SSSR count). The molecule has 1 aliphatic heterocycles. The summed E-state index contributed by atoms with van der Waals surface area (Å²) in [5, 5.41) is 12.1. The van der Waals surface area contributed by atoms with Crippen molar-refractivity contribution in [2.24, 2.45) is 11.8 Å². The Balaban J connectivity index is 3.55. The summed E-state index contributed by atoms with van der Waals surface area (Å²) in [6.07, 6.45) is 3.99. The minimum Gasteiger partial charge on any atom is -0.417 e. The second-order valence-corrected chi connectivity index (χ2v) is 40.0. The molecule has 0 radical (unpaired) electrons. The Bertz CT molecular complexity index is 1030. The van der Waals surface area contributed by atoms with Gasteiger partial charge in [0.05, 0.1) is 18.3 Å². The van der Waals surface area contributed by atoms with Gasteiger partial charge in [-0.15, -0.1) is 0 Å². The van der Waals surface area contributed by atoms with Gasteiger partial charge >= 0.3 is 0 Å². The number of hydrogen-bond donors (Lipinski definition) is 1. The first kappa shape index (κ1) is 46.4. The predicted molar refractivity (Wildman–Crippen MR) is 217 cm³/mol. The summed E-state index contributed by atoms with van der Waals surface area (Å²) in [5.41, 5.74) is 0. The number of aliphatic hydroxyl groups excluding tert-OH is 1. The summed E-state index contributed by atoms with van der Waals surface area (Å²) in [5.74, 6) is -0.0217. The molecular weight excluding hydrogens is 665 g/mol. The lowest BCUT2D eigenvalue weighted by Crippen LogP contribution is -2.63. The molecule has 0 aromatic heterocycles. The van der Waals surface area contributed by atoms with Crippen LogP contribution in [0, 0.1) is 11.8 Å². The smallest absolute Gasteiger partial charge is 0.192 e. The van der Waals surface area contributed by atoms with Crippen molar-refractivity contribution in [2.45, 2.75) is 213 Å². The molecule has 1 unspecified atom stereocenters. The highest BCUT2D eigenvalue weighted by atomic mass is 28.4. The number of hydrogen-bond acceptors (Lipinski definition) is 6. The Hall–Kier alpha value is 0.368. The molecule has 0 bridgehead atoms. The lowest BCUT2D eigenvalue weighted by Gasteiger charge is -2.52. The van der Waals surface area contributed by atoms with Crippen molar-refractivity contribution in [3.63, 3.8) is 0 Å². The molecule has 1 heterocycles. The third-order valence-corrected chi connectivity index (χ3v) is 30.9. The normalized spacial score (nSPS) is 25.9. The van der Waals surface area contributed by atoms with Crippen LogP contribution in [0.2, 0.25) is 72.5 Å². The second kappa shape index (κ2) is 16.2. The largest absolute Gasteiger partial charge is 0.417 e. The highest BCUT2D eigenvalue weighted by molar-refractivity contribution is 6.75. The highest BCUT2D eigenvalue weighted by Crippen LogP contribution is 2.46. The first-order chi connectivity index (χ1) is 21.1. The van der Waals surface area contributed by atoms with Gasteiger partial charge < -0.3 is 27.5 Å². The van der Waals surface area contributed by atoms with Crippen molar-refractivity contribution in [1.29, 1.82) is 0 Å². The molecule has 0 aromatic rings. The van der Waals surface area contributed by atoms with E-state index in [1.807, 2.05) is 0 Å². The van der Waals surface area contributed by atoms with Gasteiger partial charge in [0.25, 0.3) is 0 Å². The molecule has 1 N–H and O–H groups in total. The molecule has 48 heavy (non-hydrogen) atoms. The fourth-order valence-electron chi connectivity index (χ4n) is 4.79. The molecule has 6 nitrogen and oxygen atoms in total. The van der Waals surface area contributed by atoms with E-state index in [9.17, 15) is 5.11 Å². The minimum absolute atomic E-state index is 0.00411. The Morgan fingerprint density at radius 1 is 0.646 bits per heavy atom. The van der Waals surface area contributed by atoms with Crippen molar-refractivity contribution in [2.75, 3.05) is 6.61 Å². The number of ether oxygens (including phenoxy) is 1. The van der Waals surface area contributed by atoms with Crippen molar-refractivity contribution in [3.8, 4) is 0 Å². The van der Waals surface area contributed by atoms with E-state index in [0.717, 1.165) is 0 Å². The maximum Gasteiger partial charge on any atom is 0.192 e. The van der Waals surface area contributed by atoms with Gasteiger partial charge in [-0.1, -0.05) is 102 Å². The van der Waals surface area contributed by atoms with Crippen LogP contribution in [0.5, 0.6) is 0 Å². The fraction of sp³-hybridized carbons (Fsp3) is 0.947. The van der Waals surface area contributed by atoms with Gasteiger partial charge in [-0.2, -0.15) is 0 Å². The number of aliphatic hydroxyl groups is 1. The molecule has 1 aliphatic rings. The van der Waals surface area contributed by atoms with E-state index >= 15 is 0 Å². The number of allylic oxidation sites excluding steroid dienone is 1. The van der Waals surface area contributed by atoms with Gasteiger partial charge in [0.15, 0.2) is 39.6 Å². The van der Waals surface area contributed by atoms with Crippen LogP contribution in [0.25, 0.3) is 0 Å². The SMILES string of the molecule is C[C@H](/C=C/C[C@H]1C(O)O[C@@H](CCO[Si](C)(C)C(C)(C)C)[C@H](O[Si](C)(C)C(C)(C)C)[C@@H]1O[Si](C)(C)C(C)(C)C)[C@H](C)O[Si](C)(C)C(C)(C)C. The Labute approximate surface area is 303 Å². The quantitative estimate of drug-likeness (QED) is 0.141. The van der Waals surface area contributed by atoms with Crippen LogP contribution in [-0.2, 0) is 22.4 Å². The molecule has 0 aromatic carbocycles. The maximum atomic E-state index is 11.8. The molecule has 1 fully saturated rings. The molecule has 0 aliphatic carbocycles. The van der Waals surface area contributed by atoms with Crippen molar-refractivity contribution in [1.82, 2.24) is 0 Å². The Morgan fingerprint density at radius 3 is 1.48 bits per heavy atom. The van der Waals surface area contributed by atoms with Crippen LogP contribution < -0.4 is 0 Å². The van der Waals surface area contributed by atoms with Gasteiger partial charge in [0, 0.05) is 18.6 Å². The molecule has 7 atom stereocenters. The van der Waals surface area contributed by atoms with Crippen LogP contribution in [0.3, 0.4) is 0 Å². The van der Waals surface area contributed by atoms with E-state index < -0.39 is 39.6 Å². The van der Waals surface area contributed by atoms with Crippen LogP contribution in [0.1, 0.15) is 110 Å². The standard InChI is InChI=1S/C38H82O6Si4/c1-28(29(2)42-46(17,18)36(6,7)8)24-23-25-30-32(43-47(19,20)37(9,10)11)33(44-48(21,22)38(12,13)14)31(41-34(30)39)26-27-40-45(15,16)35(3,4)5/h23-24,28-34,39H,25-27H2,1-22H3/b24-23+/t28-,29+,30-,31+,32-,33+,34?/m1/s1. The van der Waals surface area contributed by atoms with Crippen molar-refractivity contribution in [3.05, 3.63) is 12.2 Å². The van der Waals surface area contributed by atoms with Gasteiger partial charge in [-0.3, -0.25) is 0 Å². The van der Waals surface area contributed by atoms with E-state index in [2.05, 4.69) is 161 Å². The molecule has 0 spiro atoms. The van der Waals surface area contributed by atoms with E-state index in [-0.39, 0.29) is 56.4 Å². The topological polar surface area (TPSA) is 66.4 Å². The first-order valence-corrected chi connectivity index (χ1v) is 30.4. The average molecular weight is 747 g/mol. The van der Waals surface area contributed by atoms with Crippen molar-refractivity contribution >= 4 is 33.3 Å². The molecule has 10 heteroatoms. The molecule has 286 valence electrons. The zero-order valence-corrected chi connectivity index (χ0v) is 39.8. The third-order valence-electron chi connectivity index (χ3n) is 12.8. The monoisotopic (exact) mass is 747 g/mol. The zero-order valence-electron chi connectivity index (χ0n) is 35.8. The minimum atomic E-state index is -2.26. The summed E-state index contributed by atoms with van der Waals surface area (Å²) in [6.45, 7) is 50.8. The van der Waals surface area contributed by atoms with Crippen LogP contribution in [0.15, 0.2) is 12.2 Å². The first-order valence-electron chi connectivity index (χ1n) is 18.8.